The highest BCUT2D eigenvalue weighted by molar-refractivity contribution is 8.55. The Balaban J connectivity index is 4.15. The van der Waals surface area contributed by atoms with Crippen LogP contribution >= 0.6 is 18.1 Å². The highest BCUT2D eigenvalue weighted by Gasteiger charge is 2.27. The van der Waals surface area contributed by atoms with Crippen molar-refractivity contribution in [3.05, 3.63) is 0 Å². The second kappa shape index (κ2) is 6.26. The van der Waals surface area contributed by atoms with E-state index in [1.54, 1.807) is 18.8 Å². The van der Waals surface area contributed by atoms with Crippen molar-refractivity contribution in [1.82, 2.24) is 4.67 Å². The van der Waals surface area contributed by atoms with E-state index in [9.17, 15) is 4.57 Å². The van der Waals surface area contributed by atoms with Gasteiger partial charge in [-0.3, -0.25) is 4.57 Å². The average molecular weight is 255 g/mol. The Morgan fingerprint density at radius 1 is 1.33 bits per heavy atom. The maximum atomic E-state index is 12.3. The van der Waals surface area contributed by atoms with E-state index in [2.05, 4.69) is 21.1 Å². The van der Waals surface area contributed by atoms with Crippen molar-refractivity contribution in [3.63, 3.8) is 0 Å². The Bertz CT molecular complexity index is 229. The Labute approximate surface area is 97.8 Å². The van der Waals surface area contributed by atoms with E-state index in [4.69, 9.17) is 4.52 Å². The third kappa shape index (κ3) is 6.59. The minimum absolute atomic E-state index is 0.493. The van der Waals surface area contributed by atoms with Crippen molar-refractivity contribution < 1.29 is 13.6 Å². The zero-order chi connectivity index (χ0) is 12.1. The van der Waals surface area contributed by atoms with E-state index in [0.29, 0.717) is 6.61 Å². The van der Waals surface area contributed by atoms with Gasteiger partial charge in [-0.15, -0.1) is 0 Å². The second-order valence-corrected chi connectivity index (χ2v) is 9.40. The van der Waals surface area contributed by atoms with E-state index in [0.717, 1.165) is 16.8 Å². The van der Waals surface area contributed by atoms with Gasteiger partial charge in [0, 0.05) is 0 Å². The molecule has 0 amide bonds. The fourth-order valence-electron chi connectivity index (χ4n) is 0.861. The number of quaternary nitrogens is 1. The van der Waals surface area contributed by atoms with Gasteiger partial charge in [0.15, 0.2) is 0 Å². The van der Waals surface area contributed by atoms with Gasteiger partial charge < -0.3 is 9.01 Å². The molecule has 4 nitrogen and oxygen atoms in total. The van der Waals surface area contributed by atoms with Crippen molar-refractivity contribution >= 4 is 18.1 Å². The summed E-state index contributed by atoms with van der Waals surface area (Å²) < 4.78 is 20.2. The van der Waals surface area contributed by atoms with Crippen molar-refractivity contribution in [2.75, 3.05) is 54.1 Å². The predicted molar refractivity (Wildman–Crippen MR) is 68.3 cm³/mol. The normalized spacial score (nSPS) is 16.7. The summed E-state index contributed by atoms with van der Waals surface area (Å²) in [4.78, 5) is 0. The Hall–Kier alpha value is 0.460. The minimum atomic E-state index is -2.64. The van der Waals surface area contributed by atoms with Gasteiger partial charge in [-0.1, -0.05) is 0 Å². The molecule has 0 spiro atoms. The van der Waals surface area contributed by atoms with E-state index >= 15 is 0 Å². The van der Waals surface area contributed by atoms with Crippen LogP contribution in [0, 0.1) is 0 Å². The van der Waals surface area contributed by atoms with Gasteiger partial charge in [-0.2, -0.15) is 0 Å². The molecule has 0 aliphatic rings. The van der Waals surface area contributed by atoms with Crippen LogP contribution in [0.1, 0.15) is 6.92 Å². The summed E-state index contributed by atoms with van der Waals surface area (Å²) in [5.41, 5.74) is 0. The average Bonchev–Trinajstić information content (AvgIpc) is 2.01. The molecule has 0 radical (unpaired) electrons. The van der Waals surface area contributed by atoms with Crippen molar-refractivity contribution in [3.8, 4) is 0 Å². The van der Waals surface area contributed by atoms with Crippen molar-refractivity contribution in [2.24, 2.45) is 0 Å². The Morgan fingerprint density at radius 3 is 2.20 bits per heavy atom. The first-order valence-corrected chi connectivity index (χ1v) is 8.25. The lowest BCUT2D eigenvalue weighted by Gasteiger charge is -2.26. The molecule has 1 unspecified atom stereocenters. The van der Waals surface area contributed by atoms with Gasteiger partial charge in [-0.25, -0.2) is 4.67 Å². The number of hydrogen-bond donors (Lipinski definition) is 0. The third-order valence-corrected chi connectivity index (χ3v) is 6.88. The topological polar surface area (TPSA) is 29.5 Å². The molecule has 0 aromatic carbocycles. The van der Waals surface area contributed by atoms with Gasteiger partial charge in [0.1, 0.15) is 0 Å². The molecule has 0 fully saturated rings. The SMILES string of the molecule is CCOP(=O)(SCC[N+](C)(C)C)N(C)C. The van der Waals surface area contributed by atoms with Gasteiger partial charge >= 0.3 is 6.72 Å². The van der Waals surface area contributed by atoms with E-state index in [1.165, 1.54) is 11.4 Å². The van der Waals surface area contributed by atoms with Gasteiger partial charge in [-0.05, 0) is 32.4 Å². The van der Waals surface area contributed by atoms with Gasteiger partial charge in [0.05, 0.1) is 40.0 Å². The lowest BCUT2D eigenvalue weighted by Crippen LogP contribution is -2.36. The van der Waals surface area contributed by atoms with Gasteiger partial charge in [0.2, 0.25) is 0 Å². The van der Waals surface area contributed by atoms with Crippen LogP contribution in [0.3, 0.4) is 0 Å². The van der Waals surface area contributed by atoms with Crippen LogP contribution in [0.25, 0.3) is 0 Å². The monoisotopic (exact) mass is 255 g/mol. The lowest BCUT2D eigenvalue weighted by atomic mass is 10.6. The summed E-state index contributed by atoms with van der Waals surface area (Å²) in [6, 6.07) is 0. The van der Waals surface area contributed by atoms with Crippen LogP contribution < -0.4 is 0 Å². The largest absolute Gasteiger partial charge is 0.330 e. The first-order chi connectivity index (χ1) is 6.71. The number of rotatable bonds is 7. The maximum Gasteiger partial charge on any atom is 0.328 e. The molecule has 1 atom stereocenters. The van der Waals surface area contributed by atoms with Crippen LogP contribution in [-0.4, -0.2) is 63.3 Å². The summed E-state index contributed by atoms with van der Waals surface area (Å²) in [5, 5.41) is 0. The highest BCUT2D eigenvalue weighted by atomic mass is 32.7. The molecular weight excluding hydrogens is 231 g/mol. The van der Waals surface area contributed by atoms with E-state index < -0.39 is 6.72 Å². The van der Waals surface area contributed by atoms with E-state index in [-0.39, 0.29) is 0 Å². The molecule has 15 heavy (non-hydrogen) atoms. The third-order valence-electron chi connectivity index (χ3n) is 1.80. The summed E-state index contributed by atoms with van der Waals surface area (Å²) in [5.74, 6) is 0.846. The second-order valence-electron chi connectivity index (χ2n) is 4.58. The van der Waals surface area contributed by atoms with E-state index in [1.807, 2.05) is 6.92 Å². The van der Waals surface area contributed by atoms with Crippen molar-refractivity contribution in [2.45, 2.75) is 6.92 Å². The smallest absolute Gasteiger partial charge is 0.328 e. The van der Waals surface area contributed by atoms with Crippen molar-refractivity contribution in [1.29, 1.82) is 0 Å². The quantitative estimate of drug-likeness (QED) is 0.515. The molecular formula is C9H24N2O2PS+. The minimum Gasteiger partial charge on any atom is -0.330 e. The molecule has 0 saturated carbocycles. The molecule has 0 saturated heterocycles. The fraction of sp³-hybridized carbons (Fsp3) is 1.00. The molecule has 92 valence electrons. The highest BCUT2D eigenvalue weighted by Crippen LogP contribution is 2.60. The number of hydrogen-bond acceptors (Lipinski definition) is 3. The molecule has 6 heteroatoms. The maximum absolute atomic E-state index is 12.3. The van der Waals surface area contributed by atoms with Crippen LogP contribution in [0.5, 0.6) is 0 Å². The summed E-state index contributed by atoms with van der Waals surface area (Å²) in [6.45, 7) is 0.709. The zero-order valence-corrected chi connectivity index (χ0v) is 12.4. The zero-order valence-electron chi connectivity index (χ0n) is 10.7. The van der Waals surface area contributed by atoms with Gasteiger partial charge in [0.25, 0.3) is 0 Å². The van der Waals surface area contributed by atoms with Crippen LogP contribution in [0.15, 0.2) is 0 Å². The summed E-state index contributed by atoms with van der Waals surface area (Å²) >= 11 is 1.43. The van der Waals surface area contributed by atoms with Crippen LogP contribution in [-0.2, 0) is 9.09 Å². The molecule has 0 bridgehead atoms. The summed E-state index contributed by atoms with van der Waals surface area (Å²) in [7, 11) is 9.98. The molecule has 0 aromatic rings. The molecule has 0 N–H and O–H groups in total. The molecule has 0 aliphatic carbocycles. The first-order valence-electron chi connectivity index (χ1n) is 5.08. The number of nitrogens with zero attached hydrogens (tertiary/aromatic N) is 2. The first kappa shape index (κ1) is 15.5. The van der Waals surface area contributed by atoms with Crippen LogP contribution in [0.4, 0.5) is 0 Å². The Kier molecular flexibility index (Phi) is 6.45. The standard InChI is InChI=1S/C9H24N2O2PS/c1-7-13-14(12,10(2)3)15-9-8-11(4,5)6/h7-9H2,1-6H3/q+1. The molecule has 0 aliphatic heterocycles. The Morgan fingerprint density at radius 2 is 1.87 bits per heavy atom. The molecule has 0 heterocycles. The fourth-order valence-corrected chi connectivity index (χ4v) is 4.75. The molecule has 0 rings (SSSR count). The van der Waals surface area contributed by atoms with Crippen LogP contribution in [0.2, 0.25) is 0 Å². The predicted octanol–water partition coefficient (Wildman–Crippen LogP) is 2.13. The summed E-state index contributed by atoms with van der Waals surface area (Å²) in [6.07, 6.45) is 0. The molecule has 0 aromatic heterocycles. The lowest BCUT2D eigenvalue weighted by molar-refractivity contribution is -0.867.